The highest BCUT2D eigenvalue weighted by Crippen LogP contribution is 2.34. The molecule has 2 heterocycles. The molecule has 5 heteroatoms. The Balaban J connectivity index is 2.09. The van der Waals surface area contributed by atoms with E-state index in [1.807, 2.05) is 16.9 Å². The molecular formula is C17H23FN4. The van der Waals surface area contributed by atoms with E-state index in [4.69, 9.17) is 0 Å². The summed E-state index contributed by atoms with van der Waals surface area (Å²) in [6.45, 7) is 10.4. The van der Waals surface area contributed by atoms with Crippen molar-refractivity contribution in [3.05, 3.63) is 42.0 Å². The normalized spacial score (nSPS) is 16.1. The van der Waals surface area contributed by atoms with Crippen LogP contribution in [0.2, 0.25) is 0 Å². The minimum Gasteiger partial charge on any atom is -0.366 e. The van der Waals surface area contributed by atoms with E-state index in [0.717, 1.165) is 43.2 Å². The highest BCUT2D eigenvalue weighted by atomic mass is 19.1. The number of hydrogen-bond donors (Lipinski definition) is 1. The van der Waals surface area contributed by atoms with Crippen LogP contribution in [-0.2, 0) is 5.41 Å². The Morgan fingerprint density at radius 2 is 1.91 bits per heavy atom. The molecule has 0 radical (unpaired) electrons. The van der Waals surface area contributed by atoms with Crippen molar-refractivity contribution in [2.24, 2.45) is 0 Å². The largest absolute Gasteiger partial charge is 0.366 e. The Bertz CT molecular complexity index is 651. The number of anilines is 1. The predicted octanol–water partition coefficient (Wildman–Crippen LogP) is 2.72. The molecule has 1 aliphatic heterocycles. The fourth-order valence-electron chi connectivity index (χ4n) is 2.98. The molecule has 0 spiro atoms. The summed E-state index contributed by atoms with van der Waals surface area (Å²) >= 11 is 0. The summed E-state index contributed by atoms with van der Waals surface area (Å²) in [7, 11) is 0. The molecule has 22 heavy (non-hydrogen) atoms. The number of rotatable bonds is 2. The molecule has 3 rings (SSSR count). The average Bonchev–Trinajstić information content (AvgIpc) is 2.93. The highest BCUT2D eigenvalue weighted by Gasteiger charge is 2.28. The van der Waals surface area contributed by atoms with E-state index in [1.54, 1.807) is 6.07 Å². The van der Waals surface area contributed by atoms with Gasteiger partial charge >= 0.3 is 0 Å². The first-order valence-electron chi connectivity index (χ1n) is 7.77. The molecule has 0 bridgehead atoms. The molecule has 1 fully saturated rings. The van der Waals surface area contributed by atoms with Gasteiger partial charge in [0.05, 0.1) is 23.3 Å². The van der Waals surface area contributed by atoms with E-state index < -0.39 is 0 Å². The molecule has 1 N–H and O–H groups in total. The minimum atomic E-state index is -0.239. The summed E-state index contributed by atoms with van der Waals surface area (Å²) < 4.78 is 15.5. The monoisotopic (exact) mass is 302 g/mol. The standard InChI is InChI=1S/C17H23FN4/c1-17(2,3)16-15(21-9-7-19-8-10-21)12-20-22(16)14-6-4-5-13(18)11-14/h4-6,11-12,19H,7-10H2,1-3H3. The van der Waals surface area contributed by atoms with E-state index in [0.29, 0.717) is 0 Å². The van der Waals surface area contributed by atoms with Crippen molar-refractivity contribution in [1.82, 2.24) is 15.1 Å². The zero-order valence-electron chi connectivity index (χ0n) is 13.4. The smallest absolute Gasteiger partial charge is 0.125 e. The number of halogens is 1. The first-order chi connectivity index (χ1) is 10.5. The van der Waals surface area contributed by atoms with E-state index >= 15 is 0 Å². The molecule has 4 nitrogen and oxygen atoms in total. The van der Waals surface area contributed by atoms with Gasteiger partial charge in [0.15, 0.2) is 0 Å². The van der Waals surface area contributed by atoms with Gasteiger partial charge in [-0.05, 0) is 18.2 Å². The fourth-order valence-corrected chi connectivity index (χ4v) is 2.98. The van der Waals surface area contributed by atoms with Crippen molar-refractivity contribution >= 4 is 5.69 Å². The Kier molecular flexibility index (Phi) is 3.91. The van der Waals surface area contributed by atoms with E-state index in [1.165, 1.54) is 12.1 Å². The van der Waals surface area contributed by atoms with Gasteiger partial charge in [0.2, 0.25) is 0 Å². The van der Waals surface area contributed by atoms with Crippen LogP contribution < -0.4 is 10.2 Å². The van der Waals surface area contributed by atoms with E-state index in [2.05, 4.69) is 36.1 Å². The van der Waals surface area contributed by atoms with Crippen molar-refractivity contribution in [3.63, 3.8) is 0 Å². The molecule has 2 aromatic rings. The van der Waals surface area contributed by atoms with Crippen LogP contribution in [-0.4, -0.2) is 36.0 Å². The van der Waals surface area contributed by atoms with Gasteiger partial charge in [-0.1, -0.05) is 26.8 Å². The summed E-state index contributed by atoms with van der Waals surface area (Å²) in [5.74, 6) is -0.239. The first kappa shape index (κ1) is 15.0. The Hall–Kier alpha value is -1.88. The van der Waals surface area contributed by atoms with Crippen molar-refractivity contribution < 1.29 is 4.39 Å². The zero-order chi connectivity index (χ0) is 15.7. The molecule has 0 aliphatic carbocycles. The number of benzene rings is 1. The minimum absolute atomic E-state index is 0.0803. The van der Waals surface area contributed by atoms with Crippen LogP contribution in [0.3, 0.4) is 0 Å². The quantitative estimate of drug-likeness (QED) is 0.926. The van der Waals surface area contributed by atoms with Gasteiger partial charge in [0, 0.05) is 31.6 Å². The third kappa shape index (κ3) is 2.86. The SMILES string of the molecule is CC(C)(C)c1c(N2CCNCC2)cnn1-c1cccc(F)c1. The summed E-state index contributed by atoms with van der Waals surface area (Å²) in [5.41, 5.74) is 2.97. The molecule has 1 aliphatic rings. The fraction of sp³-hybridized carbons (Fsp3) is 0.471. The molecule has 0 unspecified atom stereocenters. The van der Waals surface area contributed by atoms with Gasteiger partial charge in [0.25, 0.3) is 0 Å². The molecular weight excluding hydrogens is 279 g/mol. The third-order valence-electron chi connectivity index (χ3n) is 3.97. The molecule has 1 aromatic carbocycles. The van der Waals surface area contributed by atoms with Crippen LogP contribution in [0.1, 0.15) is 26.5 Å². The predicted molar refractivity (Wildman–Crippen MR) is 87.3 cm³/mol. The lowest BCUT2D eigenvalue weighted by Gasteiger charge is -2.32. The Labute approximate surface area is 130 Å². The van der Waals surface area contributed by atoms with Crippen LogP contribution in [0.15, 0.2) is 30.5 Å². The molecule has 1 aromatic heterocycles. The lowest BCUT2D eigenvalue weighted by atomic mass is 9.90. The van der Waals surface area contributed by atoms with Gasteiger partial charge in [-0.15, -0.1) is 0 Å². The molecule has 0 saturated carbocycles. The number of nitrogens with one attached hydrogen (secondary N) is 1. The van der Waals surface area contributed by atoms with Crippen LogP contribution >= 0.6 is 0 Å². The maximum Gasteiger partial charge on any atom is 0.125 e. The van der Waals surface area contributed by atoms with Crippen LogP contribution in [0, 0.1) is 5.82 Å². The third-order valence-corrected chi connectivity index (χ3v) is 3.97. The first-order valence-corrected chi connectivity index (χ1v) is 7.77. The summed E-state index contributed by atoms with van der Waals surface area (Å²) in [6, 6.07) is 6.61. The number of nitrogens with zero attached hydrogens (tertiary/aromatic N) is 3. The van der Waals surface area contributed by atoms with Crippen molar-refractivity contribution in [2.45, 2.75) is 26.2 Å². The Morgan fingerprint density at radius 3 is 2.55 bits per heavy atom. The van der Waals surface area contributed by atoms with E-state index in [-0.39, 0.29) is 11.2 Å². The van der Waals surface area contributed by atoms with Crippen LogP contribution in [0.4, 0.5) is 10.1 Å². The lowest BCUT2D eigenvalue weighted by molar-refractivity contribution is 0.532. The summed E-state index contributed by atoms with van der Waals surface area (Å²) in [5, 5.41) is 7.93. The van der Waals surface area contributed by atoms with Crippen molar-refractivity contribution in [2.75, 3.05) is 31.1 Å². The molecule has 0 atom stereocenters. The Morgan fingerprint density at radius 1 is 1.18 bits per heavy atom. The van der Waals surface area contributed by atoms with Crippen molar-refractivity contribution in [3.8, 4) is 5.69 Å². The number of piperazine rings is 1. The number of hydrogen-bond acceptors (Lipinski definition) is 3. The zero-order valence-corrected chi connectivity index (χ0v) is 13.4. The average molecular weight is 302 g/mol. The van der Waals surface area contributed by atoms with Gasteiger partial charge in [-0.3, -0.25) is 0 Å². The molecule has 1 saturated heterocycles. The van der Waals surface area contributed by atoms with Gasteiger partial charge < -0.3 is 10.2 Å². The second kappa shape index (κ2) is 5.72. The maximum atomic E-state index is 13.6. The van der Waals surface area contributed by atoms with E-state index in [9.17, 15) is 4.39 Å². The second-order valence-corrected chi connectivity index (χ2v) is 6.76. The van der Waals surface area contributed by atoms with Crippen LogP contribution in [0.5, 0.6) is 0 Å². The molecule has 0 amide bonds. The summed E-state index contributed by atoms with van der Waals surface area (Å²) in [4.78, 5) is 2.36. The van der Waals surface area contributed by atoms with Crippen molar-refractivity contribution in [1.29, 1.82) is 0 Å². The van der Waals surface area contributed by atoms with Gasteiger partial charge in [-0.2, -0.15) is 5.10 Å². The highest BCUT2D eigenvalue weighted by molar-refractivity contribution is 5.55. The van der Waals surface area contributed by atoms with Gasteiger partial charge in [0.1, 0.15) is 5.82 Å². The summed E-state index contributed by atoms with van der Waals surface area (Å²) in [6.07, 6.45) is 1.91. The maximum absolute atomic E-state index is 13.6. The van der Waals surface area contributed by atoms with Gasteiger partial charge in [-0.25, -0.2) is 9.07 Å². The molecule has 118 valence electrons. The second-order valence-electron chi connectivity index (χ2n) is 6.76. The van der Waals surface area contributed by atoms with Crippen LogP contribution in [0.25, 0.3) is 5.69 Å². The lowest BCUT2D eigenvalue weighted by Crippen LogP contribution is -2.44. The number of aromatic nitrogens is 2. The topological polar surface area (TPSA) is 33.1 Å².